The Balaban J connectivity index is 1.76. The van der Waals surface area contributed by atoms with E-state index in [0.717, 1.165) is 6.07 Å². The highest BCUT2D eigenvalue weighted by atomic mass is 35.5. The maximum atomic E-state index is 13.0. The van der Waals surface area contributed by atoms with Gasteiger partial charge in [0.25, 0.3) is 17.6 Å². The third-order valence-electron chi connectivity index (χ3n) is 3.66. The van der Waals surface area contributed by atoms with E-state index in [1.807, 2.05) is 0 Å². The third kappa shape index (κ3) is 4.20. The standard InChI is InChI=1S/C17H10Cl2F3N3O3/c18-11-5-9(6-12(19)13(11)26)16-24-14(25-28-16)15(27)23-7-8-3-1-2-4-10(8)17(20,21)22/h1-6,26H,7H2,(H,23,27). The van der Waals surface area contributed by atoms with Crippen LogP contribution in [-0.2, 0) is 12.7 Å². The van der Waals surface area contributed by atoms with Crippen molar-refractivity contribution in [1.29, 1.82) is 0 Å². The van der Waals surface area contributed by atoms with Gasteiger partial charge in [0.2, 0.25) is 0 Å². The molecule has 0 atom stereocenters. The molecule has 1 amide bonds. The van der Waals surface area contributed by atoms with Crippen molar-refractivity contribution in [2.45, 2.75) is 12.7 Å². The van der Waals surface area contributed by atoms with E-state index in [9.17, 15) is 23.1 Å². The van der Waals surface area contributed by atoms with Gasteiger partial charge >= 0.3 is 6.18 Å². The lowest BCUT2D eigenvalue weighted by Crippen LogP contribution is -2.25. The largest absolute Gasteiger partial charge is 0.505 e. The van der Waals surface area contributed by atoms with Crippen LogP contribution < -0.4 is 5.32 Å². The summed E-state index contributed by atoms with van der Waals surface area (Å²) in [5, 5.41) is 15.2. The van der Waals surface area contributed by atoms with Crippen molar-refractivity contribution in [3.8, 4) is 17.2 Å². The van der Waals surface area contributed by atoms with Gasteiger partial charge < -0.3 is 14.9 Å². The topological polar surface area (TPSA) is 88.2 Å². The monoisotopic (exact) mass is 431 g/mol. The number of carbonyl (C=O) groups excluding carboxylic acids is 1. The maximum Gasteiger partial charge on any atom is 0.416 e. The predicted octanol–water partition coefficient (Wildman–Crippen LogP) is 4.70. The SMILES string of the molecule is O=C(NCc1ccccc1C(F)(F)F)c1noc(-c2cc(Cl)c(O)c(Cl)c2)n1. The highest BCUT2D eigenvalue weighted by molar-refractivity contribution is 6.37. The molecular weight excluding hydrogens is 422 g/mol. The van der Waals surface area contributed by atoms with Crippen LogP contribution in [0.3, 0.4) is 0 Å². The lowest BCUT2D eigenvalue weighted by atomic mass is 10.1. The maximum absolute atomic E-state index is 13.0. The van der Waals surface area contributed by atoms with Gasteiger partial charge in [-0.05, 0) is 23.8 Å². The van der Waals surface area contributed by atoms with Gasteiger partial charge in [0.05, 0.1) is 15.6 Å². The molecule has 0 radical (unpaired) electrons. The Bertz CT molecular complexity index is 1010. The first-order chi connectivity index (χ1) is 13.2. The van der Waals surface area contributed by atoms with E-state index in [-0.39, 0.29) is 45.2 Å². The molecule has 0 aliphatic heterocycles. The van der Waals surface area contributed by atoms with E-state index < -0.39 is 17.6 Å². The number of aromatic nitrogens is 2. The van der Waals surface area contributed by atoms with Crippen molar-refractivity contribution in [3.05, 3.63) is 63.4 Å². The second-order valence-corrected chi connectivity index (χ2v) is 6.36. The van der Waals surface area contributed by atoms with Gasteiger partial charge in [-0.25, -0.2) is 0 Å². The minimum atomic E-state index is -4.54. The number of nitrogens with zero attached hydrogens (tertiary/aromatic N) is 2. The zero-order valence-corrected chi connectivity index (χ0v) is 15.2. The van der Waals surface area contributed by atoms with Crippen molar-refractivity contribution in [2.24, 2.45) is 0 Å². The summed E-state index contributed by atoms with van der Waals surface area (Å²) in [4.78, 5) is 16.0. The van der Waals surface area contributed by atoms with Crippen LogP contribution in [-0.4, -0.2) is 21.2 Å². The Labute approximate surface area is 165 Å². The van der Waals surface area contributed by atoms with Gasteiger partial charge in [-0.15, -0.1) is 0 Å². The van der Waals surface area contributed by atoms with Crippen molar-refractivity contribution in [3.63, 3.8) is 0 Å². The van der Waals surface area contributed by atoms with Gasteiger partial charge in [-0.1, -0.05) is 46.6 Å². The zero-order valence-electron chi connectivity index (χ0n) is 13.7. The molecule has 146 valence electrons. The fourth-order valence-electron chi connectivity index (χ4n) is 2.33. The second kappa shape index (κ2) is 7.69. The van der Waals surface area contributed by atoms with E-state index in [2.05, 4.69) is 15.5 Å². The Morgan fingerprint density at radius 3 is 2.46 bits per heavy atom. The Morgan fingerprint density at radius 1 is 1.18 bits per heavy atom. The van der Waals surface area contributed by atoms with Crippen LogP contribution in [0.5, 0.6) is 5.75 Å². The van der Waals surface area contributed by atoms with Gasteiger partial charge in [0.15, 0.2) is 5.75 Å². The minimum absolute atomic E-state index is 0.0598. The van der Waals surface area contributed by atoms with E-state index in [0.29, 0.717) is 0 Å². The van der Waals surface area contributed by atoms with E-state index in [4.69, 9.17) is 27.7 Å². The van der Waals surface area contributed by atoms with Gasteiger partial charge in [-0.3, -0.25) is 4.79 Å². The first-order valence-electron chi connectivity index (χ1n) is 7.62. The molecule has 2 N–H and O–H groups in total. The predicted molar refractivity (Wildman–Crippen MR) is 94.0 cm³/mol. The molecule has 0 fully saturated rings. The highest BCUT2D eigenvalue weighted by Crippen LogP contribution is 2.36. The Morgan fingerprint density at radius 2 is 1.82 bits per heavy atom. The number of carbonyl (C=O) groups is 1. The van der Waals surface area contributed by atoms with Gasteiger partial charge in [0.1, 0.15) is 0 Å². The van der Waals surface area contributed by atoms with Crippen LogP contribution in [0.1, 0.15) is 21.7 Å². The molecule has 0 saturated heterocycles. The van der Waals surface area contributed by atoms with Crippen LogP contribution in [0.4, 0.5) is 13.2 Å². The van der Waals surface area contributed by atoms with Gasteiger partial charge in [0, 0.05) is 12.1 Å². The fourth-order valence-corrected chi connectivity index (χ4v) is 2.81. The molecule has 0 saturated carbocycles. The average molecular weight is 432 g/mol. The van der Waals surface area contributed by atoms with Crippen molar-refractivity contribution in [1.82, 2.24) is 15.5 Å². The number of phenols is 1. The summed E-state index contributed by atoms with van der Waals surface area (Å²) in [6.07, 6.45) is -4.54. The first-order valence-corrected chi connectivity index (χ1v) is 8.38. The molecule has 1 aromatic heterocycles. The quantitative estimate of drug-likeness (QED) is 0.624. The molecule has 6 nitrogen and oxygen atoms in total. The molecule has 0 spiro atoms. The number of nitrogens with one attached hydrogen (secondary N) is 1. The van der Waals surface area contributed by atoms with Crippen LogP contribution in [0.2, 0.25) is 10.0 Å². The average Bonchev–Trinajstić information content (AvgIpc) is 3.13. The lowest BCUT2D eigenvalue weighted by Gasteiger charge is -2.12. The molecule has 2 aromatic carbocycles. The van der Waals surface area contributed by atoms with Crippen LogP contribution >= 0.6 is 23.2 Å². The van der Waals surface area contributed by atoms with Crippen LogP contribution in [0.25, 0.3) is 11.5 Å². The second-order valence-electron chi connectivity index (χ2n) is 5.55. The summed E-state index contributed by atoms with van der Waals surface area (Å²) in [6, 6.07) is 7.47. The normalized spacial score (nSPS) is 11.5. The molecule has 0 aliphatic carbocycles. The van der Waals surface area contributed by atoms with Crippen LogP contribution in [0.15, 0.2) is 40.9 Å². The zero-order chi connectivity index (χ0) is 20.5. The Hall–Kier alpha value is -2.78. The van der Waals surface area contributed by atoms with E-state index >= 15 is 0 Å². The van der Waals surface area contributed by atoms with Crippen molar-refractivity contribution >= 4 is 29.1 Å². The number of alkyl halides is 3. The molecule has 11 heteroatoms. The van der Waals surface area contributed by atoms with Gasteiger partial charge in [-0.2, -0.15) is 18.2 Å². The molecular formula is C17H10Cl2F3N3O3. The summed E-state index contributed by atoms with van der Waals surface area (Å²) < 4.78 is 43.9. The molecule has 3 rings (SSSR count). The number of halogens is 5. The van der Waals surface area contributed by atoms with Crippen molar-refractivity contribution < 1.29 is 27.6 Å². The number of benzene rings is 2. The highest BCUT2D eigenvalue weighted by Gasteiger charge is 2.33. The number of hydrogen-bond donors (Lipinski definition) is 2. The van der Waals surface area contributed by atoms with Crippen molar-refractivity contribution in [2.75, 3.05) is 0 Å². The fraction of sp³-hybridized carbons (Fsp3) is 0.118. The molecule has 0 aliphatic rings. The molecule has 0 unspecified atom stereocenters. The van der Waals surface area contributed by atoms with Crippen LogP contribution in [0, 0.1) is 0 Å². The van der Waals surface area contributed by atoms with E-state index in [1.165, 1.54) is 30.3 Å². The Kier molecular flexibility index (Phi) is 5.48. The number of hydrogen-bond acceptors (Lipinski definition) is 5. The molecule has 3 aromatic rings. The summed E-state index contributed by atoms with van der Waals surface area (Å²) >= 11 is 11.6. The lowest BCUT2D eigenvalue weighted by molar-refractivity contribution is -0.138. The summed E-state index contributed by atoms with van der Waals surface area (Å²) in [7, 11) is 0. The minimum Gasteiger partial charge on any atom is -0.505 e. The summed E-state index contributed by atoms with van der Waals surface area (Å²) in [6.45, 7) is -0.380. The molecule has 1 heterocycles. The molecule has 28 heavy (non-hydrogen) atoms. The van der Waals surface area contributed by atoms with E-state index in [1.54, 1.807) is 0 Å². The molecule has 0 bridgehead atoms. The first kappa shape index (κ1) is 20.0. The summed E-state index contributed by atoms with van der Waals surface area (Å²) in [5.74, 6) is -1.65. The smallest absolute Gasteiger partial charge is 0.416 e. The number of phenolic OH excluding ortho intramolecular Hbond substituents is 1. The summed E-state index contributed by atoms with van der Waals surface area (Å²) in [5.41, 5.74) is -0.705. The number of aromatic hydroxyl groups is 1. The number of amides is 1. The number of rotatable bonds is 4. The third-order valence-corrected chi connectivity index (χ3v) is 4.23.